The molecule has 1 aromatic heterocycles. The molecule has 1 fully saturated rings. The Morgan fingerprint density at radius 3 is 2.38 bits per heavy atom. The summed E-state index contributed by atoms with van der Waals surface area (Å²) in [6.07, 6.45) is 1.18. The molecule has 0 aliphatic carbocycles. The van der Waals surface area contributed by atoms with Crippen LogP contribution in [0.15, 0.2) is 41.3 Å². The van der Waals surface area contributed by atoms with E-state index in [1.165, 1.54) is 29.0 Å². The Morgan fingerprint density at radius 2 is 1.72 bits per heavy atom. The van der Waals surface area contributed by atoms with Gasteiger partial charge in [-0.3, -0.25) is 9.59 Å². The van der Waals surface area contributed by atoms with E-state index in [0.717, 1.165) is 12.1 Å². The van der Waals surface area contributed by atoms with E-state index < -0.39 is 23.0 Å². The Morgan fingerprint density at radius 1 is 1.03 bits per heavy atom. The summed E-state index contributed by atoms with van der Waals surface area (Å²) in [6, 6.07) is 6.62. The Balaban J connectivity index is 2.05. The van der Waals surface area contributed by atoms with Crippen LogP contribution in [-0.4, -0.2) is 36.7 Å². The zero-order chi connectivity index (χ0) is 20.7. The number of nitrogens with two attached hydrogens (primary N) is 2. The van der Waals surface area contributed by atoms with Crippen LogP contribution in [0.1, 0.15) is 10.4 Å². The number of anilines is 2. The smallest absolute Gasteiger partial charge is 0.254 e. The monoisotopic (exact) mass is 399 g/mol. The zero-order valence-electron chi connectivity index (χ0n) is 15.4. The molecule has 4 rings (SSSR count). The summed E-state index contributed by atoms with van der Waals surface area (Å²) in [5.74, 6) is -2.23. The lowest BCUT2D eigenvalue weighted by molar-refractivity contribution is 0.0999. The summed E-state index contributed by atoms with van der Waals surface area (Å²) in [7, 11) is 0. The molecule has 1 aliphatic heterocycles. The number of piperazine rings is 1. The highest BCUT2D eigenvalue weighted by molar-refractivity contribution is 5.97. The van der Waals surface area contributed by atoms with Gasteiger partial charge in [-0.2, -0.15) is 0 Å². The number of primary amides is 1. The molecule has 29 heavy (non-hydrogen) atoms. The number of hydrogen-bond acceptors (Lipinski definition) is 5. The van der Waals surface area contributed by atoms with E-state index >= 15 is 0 Å². The molecule has 0 saturated carbocycles. The van der Waals surface area contributed by atoms with Crippen LogP contribution in [-0.2, 0) is 0 Å². The third-order valence-electron chi connectivity index (χ3n) is 5.03. The van der Waals surface area contributed by atoms with E-state index in [4.69, 9.17) is 11.5 Å². The molecule has 1 amide bonds. The van der Waals surface area contributed by atoms with Crippen molar-refractivity contribution in [1.29, 1.82) is 0 Å². The molecule has 3 aromatic rings. The highest BCUT2D eigenvalue weighted by Gasteiger charge is 2.21. The molecule has 0 atom stereocenters. The molecule has 150 valence electrons. The summed E-state index contributed by atoms with van der Waals surface area (Å²) >= 11 is 0. The van der Waals surface area contributed by atoms with Gasteiger partial charge in [0.2, 0.25) is 5.43 Å². The number of hydrogen-bond donors (Lipinski definition) is 3. The van der Waals surface area contributed by atoms with Crippen molar-refractivity contribution in [1.82, 2.24) is 9.88 Å². The predicted octanol–water partition coefficient (Wildman–Crippen LogP) is 1.36. The van der Waals surface area contributed by atoms with Crippen LogP contribution in [0, 0.1) is 11.6 Å². The van der Waals surface area contributed by atoms with Crippen molar-refractivity contribution in [3.8, 4) is 5.69 Å². The molecule has 2 aromatic carbocycles. The average molecular weight is 399 g/mol. The van der Waals surface area contributed by atoms with Gasteiger partial charge in [-0.05, 0) is 30.3 Å². The van der Waals surface area contributed by atoms with Crippen LogP contribution in [0.25, 0.3) is 16.6 Å². The molecular weight excluding hydrogens is 380 g/mol. The molecule has 1 saturated heterocycles. The third-order valence-corrected chi connectivity index (χ3v) is 5.03. The fourth-order valence-corrected chi connectivity index (χ4v) is 3.58. The Labute approximate surface area is 164 Å². The van der Waals surface area contributed by atoms with Gasteiger partial charge in [0.15, 0.2) is 0 Å². The number of amides is 1. The van der Waals surface area contributed by atoms with E-state index in [9.17, 15) is 18.4 Å². The van der Waals surface area contributed by atoms with Crippen LogP contribution in [0.4, 0.5) is 20.2 Å². The minimum atomic E-state index is -0.979. The van der Waals surface area contributed by atoms with Crippen molar-refractivity contribution in [2.45, 2.75) is 0 Å². The van der Waals surface area contributed by atoms with E-state index in [2.05, 4.69) is 5.32 Å². The maximum Gasteiger partial charge on any atom is 0.254 e. The van der Waals surface area contributed by atoms with Gasteiger partial charge in [-0.1, -0.05) is 0 Å². The summed E-state index contributed by atoms with van der Waals surface area (Å²) in [5.41, 5.74) is 10.7. The van der Waals surface area contributed by atoms with Crippen molar-refractivity contribution >= 4 is 28.2 Å². The quantitative estimate of drug-likeness (QED) is 0.577. The van der Waals surface area contributed by atoms with Crippen molar-refractivity contribution in [3.63, 3.8) is 0 Å². The van der Waals surface area contributed by atoms with E-state index in [0.29, 0.717) is 31.9 Å². The van der Waals surface area contributed by atoms with Crippen molar-refractivity contribution in [2.75, 3.05) is 36.8 Å². The van der Waals surface area contributed by atoms with Crippen molar-refractivity contribution in [2.24, 2.45) is 5.73 Å². The fraction of sp³-hybridized carbons (Fsp3) is 0.200. The largest absolute Gasteiger partial charge is 0.399 e. The Kier molecular flexibility index (Phi) is 4.67. The second-order valence-electron chi connectivity index (χ2n) is 6.87. The number of halogens is 2. The van der Waals surface area contributed by atoms with Crippen LogP contribution in [0.2, 0.25) is 0 Å². The number of nitrogen functional groups attached to an aromatic ring is 1. The standard InChI is InChI=1S/C20H19F2N5O2/c21-14-7-11(23)1-2-16(14)27-10-13(20(24)29)19(28)12-8-15(22)18(9-17(12)27)26-5-3-25-4-6-26/h1-2,7-10,25H,3-6,23H2,(H2,24,29). The molecular formula is C20H19F2N5O2. The Bertz CT molecular complexity index is 1190. The summed E-state index contributed by atoms with van der Waals surface area (Å²) < 4.78 is 30.8. The lowest BCUT2D eigenvalue weighted by Crippen LogP contribution is -2.43. The zero-order valence-corrected chi connectivity index (χ0v) is 15.4. The van der Waals surface area contributed by atoms with Gasteiger partial charge in [0, 0.05) is 43.4 Å². The number of rotatable bonds is 3. The molecule has 0 radical (unpaired) electrons. The summed E-state index contributed by atoms with van der Waals surface area (Å²) in [5, 5.41) is 3.13. The number of carbonyl (C=O) groups excluding carboxylic acids is 1. The maximum absolute atomic E-state index is 14.9. The number of aromatic nitrogens is 1. The number of nitrogens with one attached hydrogen (secondary N) is 1. The predicted molar refractivity (Wildman–Crippen MR) is 107 cm³/mol. The fourth-order valence-electron chi connectivity index (χ4n) is 3.58. The first kappa shape index (κ1) is 18.9. The SMILES string of the molecule is NC(=O)c1cn(-c2ccc(N)cc2F)c2cc(N3CCNCC3)c(F)cc2c1=O. The lowest BCUT2D eigenvalue weighted by atomic mass is 10.1. The van der Waals surface area contributed by atoms with Crippen LogP contribution >= 0.6 is 0 Å². The number of nitrogens with zero attached hydrogens (tertiary/aromatic N) is 2. The summed E-state index contributed by atoms with van der Waals surface area (Å²) in [4.78, 5) is 26.3. The normalized spacial score (nSPS) is 14.3. The second-order valence-corrected chi connectivity index (χ2v) is 6.87. The van der Waals surface area contributed by atoms with Crippen LogP contribution in [0.3, 0.4) is 0 Å². The van der Waals surface area contributed by atoms with Gasteiger partial charge in [0.1, 0.15) is 17.2 Å². The molecule has 2 heterocycles. The molecule has 1 aliphatic rings. The highest BCUT2D eigenvalue weighted by Crippen LogP contribution is 2.28. The van der Waals surface area contributed by atoms with Crippen LogP contribution < -0.4 is 27.1 Å². The van der Waals surface area contributed by atoms with Crippen molar-refractivity contribution < 1.29 is 13.6 Å². The van der Waals surface area contributed by atoms with E-state index in [1.807, 2.05) is 4.90 Å². The first-order chi connectivity index (χ1) is 13.9. The van der Waals surface area contributed by atoms with Gasteiger partial charge in [0.25, 0.3) is 5.91 Å². The van der Waals surface area contributed by atoms with Gasteiger partial charge in [0.05, 0.1) is 16.9 Å². The molecule has 0 spiro atoms. The van der Waals surface area contributed by atoms with E-state index in [-0.39, 0.29) is 27.8 Å². The molecule has 0 bridgehead atoms. The number of carbonyl (C=O) groups is 1. The first-order valence-corrected chi connectivity index (χ1v) is 9.06. The molecule has 0 unspecified atom stereocenters. The first-order valence-electron chi connectivity index (χ1n) is 9.06. The minimum Gasteiger partial charge on any atom is -0.399 e. The van der Waals surface area contributed by atoms with Gasteiger partial charge in [-0.15, -0.1) is 0 Å². The molecule has 5 N–H and O–H groups in total. The number of pyridine rings is 1. The van der Waals surface area contributed by atoms with E-state index in [1.54, 1.807) is 0 Å². The maximum atomic E-state index is 14.9. The number of benzene rings is 2. The highest BCUT2D eigenvalue weighted by atomic mass is 19.1. The summed E-state index contributed by atoms with van der Waals surface area (Å²) in [6.45, 7) is 2.56. The van der Waals surface area contributed by atoms with Gasteiger partial charge in [-0.25, -0.2) is 8.78 Å². The average Bonchev–Trinajstić information content (AvgIpc) is 2.69. The number of fused-ring (bicyclic) bond motifs is 1. The third kappa shape index (κ3) is 3.29. The van der Waals surface area contributed by atoms with Crippen LogP contribution in [0.5, 0.6) is 0 Å². The molecule has 9 heteroatoms. The topological polar surface area (TPSA) is 106 Å². The van der Waals surface area contributed by atoms with Crippen molar-refractivity contribution in [3.05, 3.63) is 63.9 Å². The lowest BCUT2D eigenvalue weighted by Gasteiger charge is -2.30. The molecule has 7 nitrogen and oxygen atoms in total. The van der Waals surface area contributed by atoms with Gasteiger partial charge >= 0.3 is 0 Å². The Hall–Kier alpha value is -3.46. The minimum absolute atomic E-state index is 0.0598. The second kappa shape index (κ2) is 7.17. The van der Waals surface area contributed by atoms with Gasteiger partial charge < -0.3 is 26.3 Å².